The Kier molecular flexibility index (Phi) is 5.60. The van der Waals surface area contributed by atoms with Crippen molar-refractivity contribution in [1.82, 2.24) is 24.6 Å². The molecular weight excluding hydrogens is 302 g/mol. The number of rotatable bonds is 6. The molecule has 0 saturated carbocycles. The summed E-state index contributed by atoms with van der Waals surface area (Å²) < 4.78 is 1.82. The lowest BCUT2D eigenvalue weighted by molar-refractivity contribution is -0.00620. The van der Waals surface area contributed by atoms with Crippen molar-refractivity contribution in [1.29, 1.82) is 0 Å². The number of hydrogen-bond acceptors (Lipinski definition) is 5. The Morgan fingerprint density at radius 2 is 2.25 bits per heavy atom. The number of piperidine rings is 1. The van der Waals surface area contributed by atoms with E-state index in [0.717, 1.165) is 38.2 Å². The molecule has 0 unspecified atom stereocenters. The summed E-state index contributed by atoms with van der Waals surface area (Å²) in [5.41, 5.74) is 2.31. The minimum absolute atomic E-state index is 0.221. The molecule has 2 atom stereocenters. The fourth-order valence-corrected chi connectivity index (χ4v) is 3.46. The molecule has 6 heteroatoms. The van der Waals surface area contributed by atoms with E-state index in [4.69, 9.17) is 0 Å². The van der Waals surface area contributed by atoms with Crippen LogP contribution in [0.5, 0.6) is 0 Å². The van der Waals surface area contributed by atoms with Gasteiger partial charge in [0.25, 0.3) is 0 Å². The van der Waals surface area contributed by atoms with Gasteiger partial charge in [-0.1, -0.05) is 6.07 Å². The van der Waals surface area contributed by atoms with Crippen LogP contribution >= 0.6 is 0 Å². The molecule has 130 valence electrons. The van der Waals surface area contributed by atoms with Crippen LogP contribution in [0.2, 0.25) is 0 Å². The van der Waals surface area contributed by atoms with Gasteiger partial charge >= 0.3 is 0 Å². The van der Waals surface area contributed by atoms with Gasteiger partial charge in [-0.05, 0) is 25.6 Å². The molecule has 1 saturated heterocycles. The van der Waals surface area contributed by atoms with Gasteiger partial charge < -0.3 is 10.0 Å². The van der Waals surface area contributed by atoms with E-state index < -0.39 is 0 Å². The Labute approximate surface area is 143 Å². The molecule has 0 spiro atoms. The number of aliphatic hydroxyl groups is 1. The van der Waals surface area contributed by atoms with Gasteiger partial charge in [-0.15, -0.1) is 0 Å². The van der Waals surface area contributed by atoms with Gasteiger partial charge in [-0.25, -0.2) is 0 Å². The molecule has 24 heavy (non-hydrogen) atoms. The maximum atomic E-state index is 10.6. The van der Waals surface area contributed by atoms with Crippen molar-refractivity contribution >= 4 is 0 Å². The van der Waals surface area contributed by atoms with Crippen LogP contribution in [0.1, 0.15) is 17.7 Å². The first-order chi connectivity index (χ1) is 11.6. The summed E-state index contributed by atoms with van der Waals surface area (Å²) in [6.45, 7) is 3.49. The van der Waals surface area contributed by atoms with Crippen molar-refractivity contribution in [2.45, 2.75) is 31.5 Å². The van der Waals surface area contributed by atoms with Crippen LogP contribution in [0.4, 0.5) is 0 Å². The molecular formula is C18H27N5O. The zero-order chi connectivity index (χ0) is 16.9. The van der Waals surface area contributed by atoms with E-state index >= 15 is 0 Å². The number of aryl methyl sites for hydroxylation is 1. The highest BCUT2D eigenvalue weighted by Gasteiger charge is 2.30. The van der Waals surface area contributed by atoms with Gasteiger partial charge in [0.1, 0.15) is 0 Å². The van der Waals surface area contributed by atoms with E-state index in [1.54, 1.807) is 0 Å². The summed E-state index contributed by atoms with van der Waals surface area (Å²) in [5, 5.41) is 14.8. The zero-order valence-corrected chi connectivity index (χ0v) is 14.5. The van der Waals surface area contributed by atoms with E-state index in [2.05, 4.69) is 33.0 Å². The highest BCUT2D eigenvalue weighted by atomic mass is 16.3. The summed E-state index contributed by atoms with van der Waals surface area (Å²) in [4.78, 5) is 8.96. The predicted octanol–water partition coefficient (Wildman–Crippen LogP) is 0.925. The third-order valence-corrected chi connectivity index (χ3v) is 4.81. The van der Waals surface area contributed by atoms with Gasteiger partial charge in [0, 0.05) is 69.3 Å². The molecule has 6 nitrogen and oxygen atoms in total. The number of aromatic nitrogens is 3. The minimum Gasteiger partial charge on any atom is -0.390 e. The smallest absolute Gasteiger partial charge is 0.0822 e. The fourth-order valence-electron chi connectivity index (χ4n) is 3.46. The second kappa shape index (κ2) is 7.88. The van der Waals surface area contributed by atoms with Crippen LogP contribution < -0.4 is 0 Å². The quantitative estimate of drug-likeness (QED) is 0.854. The number of nitrogens with zero attached hydrogens (tertiary/aromatic N) is 5. The summed E-state index contributed by atoms with van der Waals surface area (Å²) in [5.74, 6) is 0. The average Bonchev–Trinajstić information content (AvgIpc) is 2.98. The molecule has 0 bridgehead atoms. The number of likely N-dealkylation sites (tertiary alicyclic amines) is 1. The zero-order valence-electron chi connectivity index (χ0n) is 14.5. The summed E-state index contributed by atoms with van der Waals surface area (Å²) in [6, 6.07) is 6.24. The van der Waals surface area contributed by atoms with Crippen molar-refractivity contribution in [3.05, 3.63) is 48.0 Å². The molecule has 3 rings (SSSR count). The molecule has 0 aromatic carbocycles. The topological polar surface area (TPSA) is 57.4 Å². The van der Waals surface area contributed by atoms with Crippen molar-refractivity contribution < 1.29 is 5.11 Å². The third kappa shape index (κ3) is 4.41. The van der Waals surface area contributed by atoms with E-state index in [-0.39, 0.29) is 12.1 Å². The molecule has 2 aromatic heterocycles. The lowest BCUT2D eigenvalue weighted by atomic mass is 9.99. The second-order valence-electron chi connectivity index (χ2n) is 6.73. The van der Waals surface area contributed by atoms with Crippen LogP contribution in [0, 0.1) is 0 Å². The van der Waals surface area contributed by atoms with E-state index in [0.29, 0.717) is 6.54 Å². The summed E-state index contributed by atoms with van der Waals surface area (Å²) in [6.07, 6.45) is 7.36. The second-order valence-corrected chi connectivity index (χ2v) is 6.73. The normalized spacial score (nSPS) is 22.2. The molecule has 1 N–H and O–H groups in total. The first-order valence-electron chi connectivity index (χ1n) is 8.60. The Morgan fingerprint density at radius 1 is 1.38 bits per heavy atom. The Hall–Kier alpha value is -1.76. The lowest BCUT2D eigenvalue weighted by Crippen LogP contribution is -2.53. The lowest BCUT2D eigenvalue weighted by Gasteiger charge is -2.40. The first-order valence-corrected chi connectivity index (χ1v) is 8.60. The van der Waals surface area contributed by atoms with Gasteiger partial charge in [-0.3, -0.25) is 14.6 Å². The molecule has 3 heterocycles. The van der Waals surface area contributed by atoms with Crippen molar-refractivity contribution in [3.63, 3.8) is 0 Å². The Morgan fingerprint density at radius 3 is 2.92 bits per heavy atom. The van der Waals surface area contributed by atoms with Crippen molar-refractivity contribution in [2.75, 3.05) is 26.7 Å². The van der Waals surface area contributed by atoms with Crippen LogP contribution in [0.25, 0.3) is 0 Å². The SMILES string of the molecule is CN(CCc1ccccn1)[C@@H]1CCN(Cc2cnn(C)c2)C[C@H]1O. The maximum Gasteiger partial charge on any atom is 0.0822 e. The van der Waals surface area contributed by atoms with Gasteiger partial charge in [0.05, 0.1) is 12.3 Å². The van der Waals surface area contributed by atoms with Crippen molar-refractivity contribution in [2.24, 2.45) is 7.05 Å². The standard InChI is InChI=1S/C18H27N5O/c1-21(9-6-16-5-3-4-8-19-16)17-7-10-23(14-18(17)24)13-15-11-20-22(2)12-15/h3-5,8,11-12,17-18,24H,6-7,9-10,13-14H2,1-2H3/t17-,18-/m1/s1. The van der Waals surface area contributed by atoms with E-state index in [1.165, 1.54) is 5.56 Å². The maximum absolute atomic E-state index is 10.6. The highest BCUT2D eigenvalue weighted by Crippen LogP contribution is 2.18. The Balaban J connectivity index is 1.47. The number of pyridine rings is 1. The molecule has 1 aliphatic rings. The summed E-state index contributed by atoms with van der Waals surface area (Å²) >= 11 is 0. The molecule has 1 aliphatic heterocycles. The van der Waals surface area contributed by atoms with Crippen molar-refractivity contribution in [3.8, 4) is 0 Å². The largest absolute Gasteiger partial charge is 0.390 e. The van der Waals surface area contributed by atoms with Crippen LogP contribution in [0.15, 0.2) is 36.8 Å². The Bertz CT molecular complexity index is 629. The number of hydrogen-bond donors (Lipinski definition) is 1. The minimum atomic E-state index is -0.316. The van der Waals surface area contributed by atoms with Gasteiger partial charge in [0.15, 0.2) is 0 Å². The number of β-amino-alcohol motifs (C(OH)–C–C–N with tert-alkyl or cyclic N) is 1. The van der Waals surface area contributed by atoms with E-state index in [9.17, 15) is 5.11 Å². The van der Waals surface area contributed by atoms with Crippen LogP contribution in [-0.4, -0.2) is 68.5 Å². The van der Waals surface area contributed by atoms with E-state index in [1.807, 2.05) is 42.5 Å². The third-order valence-electron chi connectivity index (χ3n) is 4.81. The summed E-state index contributed by atoms with van der Waals surface area (Å²) in [7, 11) is 4.04. The van der Waals surface area contributed by atoms with Gasteiger partial charge in [0.2, 0.25) is 0 Å². The molecule has 0 aliphatic carbocycles. The highest BCUT2D eigenvalue weighted by molar-refractivity contribution is 5.05. The average molecular weight is 329 g/mol. The molecule has 0 amide bonds. The van der Waals surface area contributed by atoms with Gasteiger partial charge in [-0.2, -0.15) is 5.10 Å². The monoisotopic (exact) mass is 329 g/mol. The predicted molar refractivity (Wildman–Crippen MR) is 93.5 cm³/mol. The number of aliphatic hydroxyl groups excluding tert-OH is 1. The number of likely N-dealkylation sites (N-methyl/N-ethyl adjacent to an activating group) is 1. The van der Waals surface area contributed by atoms with Crippen LogP contribution in [0.3, 0.4) is 0 Å². The molecule has 2 aromatic rings. The molecule has 0 radical (unpaired) electrons. The van der Waals surface area contributed by atoms with Crippen LogP contribution in [-0.2, 0) is 20.0 Å². The first kappa shape index (κ1) is 17.1. The molecule has 1 fully saturated rings. The fraction of sp³-hybridized carbons (Fsp3) is 0.556.